The molecule has 1 amide bonds. The Balaban J connectivity index is 2.17. The molecule has 0 aliphatic heterocycles. The standard InChI is InChI=1S/C9H12N2O2/c10-9(12)13-7-3-5-8-4-1-2-6-11-8/h1-2,4,6H,3,5,7H2,(H2,10,12). The molecular formula is C9H12N2O2. The second kappa shape index (κ2) is 5.13. The number of aromatic nitrogens is 1. The van der Waals surface area contributed by atoms with Crippen molar-refractivity contribution in [2.75, 3.05) is 6.61 Å². The molecule has 2 N–H and O–H groups in total. The summed E-state index contributed by atoms with van der Waals surface area (Å²) in [4.78, 5) is 14.3. The fourth-order valence-electron chi connectivity index (χ4n) is 0.972. The highest BCUT2D eigenvalue weighted by Crippen LogP contribution is 1.98. The Bertz CT molecular complexity index is 262. The molecule has 0 unspecified atom stereocenters. The fourth-order valence-corrected chi connectivity index (χ4v) is 0.972. The number of rotatable bonds is 4. The van der Waals surface area contributed by atoms with Crippen LogP contribution in [0, 0.1) is 0 Å². The number of pyridine rings is 1. The third-order valence-corrected chi connectivity index (χ3v) is 1.55. The minimum Gasteiger partial charge on any atom is -0.450 e. The van der Waals surface area contributed by atoms with E-state index in [9.17, 15) is 4.79 Å². The molecule has 0 aromatic carbocycles. The summed E-state index contributed by atoms with van der Waals surface area (Å²) >= 11 is 0. The number of ether oxygens (including phenoxy) is 1. The number of aryl methyl sites for hydroxylation is 1. The molecule has 0 aliphatic rings. The van der Waals surface area contributed by atoms with Crippen LogP contribution in [0.4, 0.5) is 4.79 Å². The Labute approximate surface area is 76.7 Å². The Morgan fingerprint density at radius 2 is 2.38 bits per heavy atom. The summed E-state index contributed by atoms with van der Waals surface area (Å²) in [5.41, 5.74) is 5.79. The van der Waals surface area contributed by atoms with Crippen molar-refractivity contribution in [3.63, 3.8) is 0 Å². The second-order valence-electron chi connectivity index (χ2n) is 2.59. The predicted octanol–water partition coefficient (Wildman–Crippen LogP) is 1.11. The molecule has 13 heavy (non-hydrogen) atoms. The summed E-state index contributed by atoms with van der Waals surface area (Å²) < 4.78 is 4.57. The number of primary amides is 1. The first-order valence-corrected chi connectivity index (χ1v) is 4.11. The Kier molecular flexibility index (Phi) is 3.75. The van der Waals surface area contributed by atoms with Gasteiger partial charge in [-0.1, -0.05) is 6.07 Å². The van der Waals surface area contributed by atoms with Crippen LogP contribution in [0.2, 0.25) is 0 Å². The van der Waals surface area contributed by atoms with Crippen LogP contribution in [0.5, 0.6) is 0 Å². The van der Waals surface area contributed by atoms with E-state index in [1.807, 2.05) is 18.2 Å². The lowest BCUT2D eigenvalue weighted by Gasteiger charge is -2.00. The lowest BCUT2D eigenvalue weighted by Crippen LogP contribution is -2.14. The minimum atomic E-state index is -0.721. The van der Waals surface area contributed by atoms with Crippen LogP contribution in [0.15, 0.2) is 24.4 Å². The van der Waals surface area contributed by atoms with Crippen molar-refractivity contribution in [2.45, 2.75) is 12.8 Å². The van der Waals surface area contributed by atoms with Gasteiger partial charge in [0.2, 0.25) is 0 Å². The molecule has 4 nitrogen and oxygen atoms in total. The zero-order valence-electron chi connectivity index (χ0n) is 7.27. The molecule has 70 valence electrons. The summed E-state index contributed by atoms with van der Waals surface area (Å²) in [5.74, 6) is 0. The van der Waals surface area contributed by atoms with E-state index in [1.165, 1.54) is 0 Å². The van der Waals surface area contributed by atoms with Crippen molar-refractivity contribution in [1.29, 1.82) is 0 Å². The average Bonchev–Trinajstić information content (AvgIpc) is 2.14. The number of hydrogen-bond acceptors (Lipinski definition) is 3. The molecule has 1 aromatic heterocycles. The number of nitrogens with zero attached hydrogens (tertiary/aromatic N) is 1. The normalized spacial score (nSPS) is 9.54. The molecule has 0 bridgehead atoms. The van der Waals surface area contributed by atoms with Crippen LogP contribution in [0.25, 0.3) is 0 Å². The van der Waals surface area contributed by atoms with Gasteiger partial charge in [-0.2, -0.15) is 0 Å². The first-order chi connectivity index (χ1) is 6.29. The van der Waals surface area contributed by atoms with Gasteiger partial charge >= 0.3 is 6.09 Å². The molecule has 0 saturated carbocycles. The number of hydrogen-bond donors (Lipinski definition) is 1. The highest BCUT2D eigenvalue weighted by Gasteiger charge is 1.95. The van der Waals surface area contributed by atoms with Crippen LogP contribution < -0.4 is 5.73 Å². The van der Waals surface area contributed by atoms with E-state index in [4.69, 9.17) is 5.73 Å². The van der Waals surface area contributed by atoms with E-state index in [-0.39, 0.29) is 0 Å². The molecule has 4 heteroatoms. The molecule has 0 fully saturated rings. The zero-order valence-corrected chi connectivity index (χ0v) is 7.27. The van der Waals surface area contributed by atoms with Gasteiger partial charge in [0.1, 0.15) is 0 Å². The maximum Gasteiger partial charge on any atom is 0.404 e. The largest absolute Gasteiger partial charge is 0.450 e. The van der Waals surface area contributed by atoms with Gasteiger partial charge in [0.15, 0.2) is 0 Å². The van der Waals surface area contributed by atoms with E-state index in [1.54, 1.807) is 6.20 Å². The van der Waals surface area contributed by atoms with Crippen molar-refractivity contribution in [3.05, 3.63) is 30.1 Å². The monoisotopic (exact) mass is 180 g/mol. The molecular weight excluding hydrogens is 168 g/mol. The smallest absolute Gasteiger partial charge is 0.404 e. The number of nitrogens with two attached hydrogens (primary N) is 1. The van der Waals surface area contributed by atoms with Gasteiger partial charge in [0.25, 0.3) is 0 Å². The Hall–Kier alpha value is -1.58. The van der Waals surface area contributed by atoms with Crippen LogP contribution in [-0.2, 0) is 11.2 Å². The lowest BCUT2D eigenvalue weighted by molar-refractivity contribution is 0.155. The van der Waals surface area contributed by atoms with E-state index in [0.29, 0.717) is 6.61 Å². The number of carbonyl (C=O) groups is 1. The quantitative estimate of drug-likeness (QED) is 0.706. The maximum absolute atomic E-state index is 10.2. The highest BCUT2D eigenvalue weighted by atomic mass is 16.5. The van der Waals surface area contributed by atoms with Gasteiger partial charge in [-0.3, -0.25) is 4.98 Å². The van der Waals surface area contributed by atoms with E-state index >= 15 is 0 Å². The molecule has 0 spiro atoms. The number of amides is 1. The molecule has 1 heterocycles. The van der Waals surface area contributed by atoms with Crippen LogP contribution in [0.1, 0.15) is 12.1 Å². The minimum absolute atomic E-state index is 0.353. The predicted molar refractivity (Wildman–Crippen MR) is 48.1 cm³/mol. The second-order valence-corrected chi connectivity index (χ2v) is 2.59. The van der Waals surface area contributed by atoms with E-state index in [2.05, 4.69) is 9.72 Å². The summed E-state index contributed by atoms with van der Waals surface area (Å²) in [7, 11) is 0. The first kappa shape index (κ1) is 9.51. The van der Waals surface area contributed by atoms with Gasteiger partial charge in [0.05, 0.1) is 6.61 Å². The fraction of sp³-hybridized carbons (Fsp3) is 0.333. The summed E-state index contributed by atoms with van der Waals surface area (Å²) in [6.07, 6.45) is 2.57. The zero-order chi connectivity index (χ0) is 9.52. The topological polar surface area (TPSA) is 65.2 Å². The van der Waals surface area contributed by atoms with E-state index < -0.39 is 6.09 Å². The molecule has 0 atom stereocenters. The molecule has 0 aliphatic carbocycles. The van der Waals surface area contributed by atoms with E-state index in [0.717, 1.165) is 18.5 Å². The number of carbonyl (C=O) groups excluding carboxylic acids is 1. The Morgan fingerprint density at radius 1 is 1.54 bits per heavy atom. The van der Waals surface area contributed by atoms with Crippen molar-refractivity contribution in [1.82, 2.24) is 4.98 Å². The third-order valence-electron chi connectivity index (χ3n) is 1.55. The van der Waals surface area contributed by atoms with Gasteiger partial charge in [-0.05, 0) is 25.0 Å². The van der Waals surface area contributed by atoms with Gasteiger partial charge < -0.3 is 10.5 Å². The van der Waals surface area contributed by atoms with Gasteiger partial charge in [-0.15, -0.1) is 0 Å². The summed E-state index contributed by atoms with van der Waals surface area (Å²) in [5, 5.41) is 0. The summed E-state index contributed by atoms with van der Waals surface area (Å²) in [6.45, 7) is 0.353. The van der Waals surface area contributed by atoms with Crippen LogP contribution in [-0.4, -0.2) is 17.7 Å². The van der Waals surface area contributed by atoms with Crippen molar-refractivity contribution < 1.29 is 9.53 Å². The van der Waals surface area contributed by atoms with Gasteiger partial charge in [0, 0.05) is 11.9 Å². The SMILES string of the molecule is NC(=O)OCCCc1ccccn1. The molecule has 1 rings (SSSR count). The van der Waals surface area contributed by atoms with Crippen LogP contribution in [0.3, 0.4) is 0 Å². The van der Waals surface area contributed by atoms with Crippen molar-refractivity contribution >= 4 is 6.09 Å². The van der Waals surface area contributed by atoms with Gasteiger partial charge in [-0.25, -0.2) is 4.79 Å². The lowest BCUT2D eigenvalue weighted by atomic mass is 10.2. The third kappa shape index (κ3) is 4.10. The molecule has 0 saturated heterocycles. The Morgan fingerprint density at radius 3 is 3.00 bits per heavy atom. The average molecular weight is 180 g/mol. The molecule has 1 aromatic rings. The maximum atomic E-state index is 10.2. The molecule has 0 radical (unpaired) electrons. The van der Waals surface area contributed by atoms with Crippen LogP contribution >= 0.6 is 0 Å². The van der Waals surface area contributed by atoms with Crippen molar-refractivity contribution in [2.24, 2.45) is 5.73 Å². The highest BCUT2D eigenvalue weighted by molar-refractivity contribution is 5.64. The first-order valence-electron chi connectivity index (χ1n) is 4.11. The van der Waals surface area contributed by atoms with Crippen molar-refractivity contribution in [3.8, 4) is 0 Å². The summed E-state index contributed by atoms with van der Waals surface area (Å²) in [6, 6.07) is 5.73.